The highest BCUT2D eigenvalue weighted by atomic mass is 16.6. The van der Waals surface area contributed by atoms with Crippen molar-refractivity contribution in [3.8, 4) is 11.5 Å². The Morgan fingerprint density at radius 1 is 1.04 bits per heavy atom. The first-order valence-electron chi connectivity index (χ1n) is 8.90. The van der Waals surface area contributed by atoms with Gasteiger partial charge in [0.1, 0.15) is 0 Å². The van der Waals surface area contributed by atoms with E-state index in [9.17, 15) is 9.59 Å². The maximum Gasteiger partial charge on any atom is 0.344 e. The van der Waals surface area contributed by atoms with Gasteiger partial charge in [-0.2, -0.15) is 0 Å². The van der Waals surface area contributed by atoms with Gasteiger partial charge >= 0.3 is 5.97 Å². The molecule has 6 nitrogen and oxygen atoms in total. The number of allylic oxidation sites excluding steroid dienone is 1. The van der Waals surface area contributed by atoms with Crippen molar-refractivity contribution < 1.29 is 23.8 Å². The number of esters is 1. The van der Waals surface area contributed by atoms with Gasteiger partial charge in [0.05, 0.1) is 7.11 Å². The minimum atomic E-state index is -0.624. The molecule has 2 aromatic carbocycles. The van der Waals surface area contributed by atoms with Gasteiger partial charge in [0.15, 0.2) is 24.7 Å². The molecule has 0 fully saturated rings. The zero-order valence-corrected chi connectivity index (χ0v) is 16.4. The molecule has 0 unspecified atom stereocenters. The lowest BCUT2D eigenvalue weighted by Gasteiger charge is -2.17. The number of carbonyl (C=O) groups is 2. The van der Waals surface area contributed by atoms with Gasteiger partial charge in [-0.25, -0.2) is 4.79 Å². The third-order valence-electron chi connectivity index (χ3n) is 3.94. The lowest BCUT2D eigenvalue weighted by atomic mass is 10.2. The average molecular weight is 383 g/mol. The molecule has 0 heterocycles. The number of hydrogen-bond donors (Lipinski definition) is 0. The van der Waals surface area contributed by atoms with Crippen LogP contribution in [0.1, 0.15) is 18.1 Å². The molecule has 0 aliphatic heterocycles. The van der Waals surface area contributed by atoms with E-state index in [4.69, 9.17) is 14.2 Å². The van der Waals surface area contributed by atoms with Crippen LogP contribution in [0.2, 0.25) is 0 Å². The molecule has 0 saturated heterocycles. The summed E-state index contributed by atoms with van der Waals surface area (Å²) in [6.07, 6.45) is 3.84. The van der Waals surface area contributed by atoms with Crippen LogP contribution < -0.4 is 9.47 Å². The predicted octanol–water partition coefficient (Wildman–Crippen LogP) is 3.31. The fourth-order valence-electron chi connectivity index (χ4n) is 2.48. The summed E-state index contributed by atoms with van der Waals surface area (Å²) in [4.78, 5) is 25.5. The summed E-state index contributed by atoms with van der Waals surface area (Å²) in [6.45, 7) is 1.73. The van der Waals surface area contributed by atoms with Gasteiger partial charge < -0.3 is 19.1 Å². The number of nitrogens with zero attached hydrogens (tertiary/aromatic N) is 1. The fraction of sp³-hybridized carbons (Fsp3) is 0.273. The largest absolute Gasteiger partial charge is 0.493 e. The number of amides is 1. The fourth-order valence-corrected chi connectivity index (χ4v) is 2.48. The summed E-state index contributed by atoms with van der Waals surface area (Å²) in [6, 6.07) is 15.0. The van der Waals surface area contributed by atoms with Gasteiger partial charge in [-0.15, -0.1) is 0 Å². The maximum absolute atomic E-state index is 12.1. The summed E-state index contributed by atoms with van der Waals surface area (Å²) in [5, 5.41) is 0. The first kappa shape index (κ1) is 21.0. The summed E-state index contributed by atoms with van der Waals surface area (Å²) in [5.41, 5.74) is 1.96. The minimum absolute atomic E-state index is 0.287. The Morgan fingerprint density at radius 3 is 2.46 bits per heavy atom. The van der Waals surface area contributed by atoms with E-state index in [0.29, 0.717) is 18.0 Å². The number of carbonyl (C=O) groups excluding carboxylic acids is 2. The topological polar surface area (TPSA) is 65.1 Å². The van der Waals surface area contributed by atoms with Crippen LogP contribution in [0.3, 0.4) is 0 Å². The highest BCUT2D eigenvalue weighted by molar-refractivity contribution is 5.80. The van der Waals surface area contributed by atoms with E-state index in [1.807, 2.05) is 61.5 Å². The Morgan fingerprint density at radius 2 is 1.79 bits per heavy atom. The van der Waals surface area contributed by atoms with Gasteiger partial charge in [0, 0.05) is 13.6 Å². The van der Waals surface area contributed by atoms with Crippen molar-refractivity contribution in [2.75, 3.05) is 27.4 Å². The van der Waals surface area contributed by atoms with Crippen LogP contribution in [-0.2, 0) is 20.9 Å². The Labute approximate surface area is 165 Å². The summed E-state index contributed by atoms with van der Waals surface area (Å²) >= 11 is 0. The van der Waals surface area contributed by atoms with Crippen LogP contribution >= 0.6 is 0 Å². The number of methoxy groups -OCH3 is 1. The van der Waals surface area contributed by atoms with Crippen molar-refractivity contribution in [2.45, 2.75) is 13.5 Å². The summed E-state index contributed by atoms with van der Waals surface area (Å²) < 4.78 is 15.8. The van der Waals surface area contributed by atoms with E-state index >= 15 is 0 Å². The molecule has 0 bridgehead atoms. The Hall–Kier alpha value is -3.28. The first-order chi connectivity index (χ1) is 13.5. The van der Waals surface area contributed by atoms with Crippen LogP contribution in [0.15, 0.2) is 54.6 Å². The van der Waals surface area contributed by atoms with Crippen molar-refractivity contribution >= 4 is 18.0 Å². The molecule has 0 spiro atoms. The van der Waals surface area contributed by atoms with Gasteiger partial charge in [-0.3, -0.25) is 4.79 Å². The second-order valence-corrected chi connectivity index (χ2v) is 6.10. The van der Waals surface area contributed by atoms with E-state index in [1.165, 1.54) is 12.0 Å². The highest BCUT2D eigenvalue weighted by Gasteiger charge is 2.14. The molecule has 28 heavy (non-hydrogen) atoms. The van der Waals surface area contributed by atoms with Crippen molar-refractivity contribution in [1.82, 2.24) is 4.90 Å². The Balaban J connectivity index is 1.80. The zero-order chi connectivity index (χ0) is 20.4. The molecule has 0 N–H and O–H groups in total. The van der Waals surface area contributed by atoms with Crippen LogP contribution in [-0.4, -0.2) is 44.1 Å². The Kier molecular flexibility index (Phi) is 8.09. The molecule has 148 valence electrons. The van der Waals surface area contributed by atoms with E-state index < -0.39 is 5.97 Å². The molecule has 2 aromatic rings. The lowest BCUT2D eigenvalue weighted by molar-refractivity contribution is -0.153. The van der Waals surface area contributed by atoms with E-state index in [1.54, 1.807) is 13.1 Å². The molecule has 2 rings (SSSR count). The Bertz CT molecular complexity index is 817. The standard InChI is InChI=1S/C22H25NO5/c1-4-8-17-11-12-19(20(13-17)26-3)27-16-22(25)28-15-21(24)23(2)14-18-9-6-5-7-10-18/h4-13H,14-16H2,1-3H3/b8-4+. The first-order valence-corrected chi connectivity index (χ1v) is 8.90. The zero-order valence-electron chi connectivity index (χ0n) is 16.4. The van der Waals surface area contributed by atoms with Gasteiger partial charge in [-0.05, 0) is 30.2 Å². The van der Waals surface area contributed by atoms with Crippen LogP contribution in [0, 0.1) is 0 Å². The van der Waals surface area contributed by atoms with E-state index in [0.717, 1.165) is 11.1 Å². The molecule has 0 aliphatic rings. The van der Waals surface area contributed by atoms with Crippen molar-refractivity contribution in [3.05, 3.63) is 65.7 Å². The average Bonchev–Trinajstić information content (AvgIpc) is 2.71. The van der Waals surface area contributed by atoms with Crippen LogP contribution in [0.4, 0.5) is 0 Å². The quantitative estimate of drug-likeness (QED) is 0.622. The number of hydrogen-bond acceptors (Lipinski definition) is 5. The van der Waals surface area contributed by atoms with Crippen molar-refractivity contribution in [1.29, 1.82) is 0 Å². The van der Waals surface area contributed by atoms with Crippen molar-refractivity contribution in [2.24, 2.45) is 0 Å². The highest BCUT2D eigenvalue weighted by Crippen LogP contribution is 2.28. The summed E-state index contributed by atoms with van der Waals surface area (Å²) in [7, 11) is 3.19. The molecular weight excluding hydrogens is 358 g/mol. The third-order valence-corrected chi connectivity index (χ3v) is 3.94. The molecular formula is C22H25NO5. The van der Waals surface area contributed by atoms with Crippen molar-refractivity contribution in [3.63, 3.8) is 0 Å². The monoisotopic (exact) mass is 383 g/mol. The number of ether oxygens (including phenoxy) is 3. The van der Waals surface area contributed by atoms with Gasteiger partial charge in [-0.1, -0.05) is 48.6 Å². The minimum Gasteiger partial charge on any atom is -0.493 e. The molecule has 0 aromatic heterocycles. The van der Waals surface area contributed by atoms with Gasteiger partial charge in [0.25, 0.3) is 5.91 Å². The molecule has 0 atom stereocenters. The molecule has 0 saturated carbocycles. The maximum atomic E-state index is 12.1. The third kappa shape index (κ3) is 6.46. The van der Waals surface area contributed by atoms with Gasteiger partial charge in [0.2, 0.25) is 0 Å². The predicted molar refractivity (Wildman–Crippen MR) is 107 cm³/mol. The number of likely N-dealkylation sites (N-methyl/N-ethyl adjacent to an activating group) is 1. The molecule has 6 heteroatoms. The molecule has 0 aliphatic carbocycles. The lowest BCUT2D eigenvalue weighted by Crippen LogP contribution is -2.31. The molecule has 0 radical (unpaired) electrons. The smallest absolute Gasteiger partial charge is 0.344 e. The van der Waals surface area contributed by atoms with Crippen LogP contribution in [0.25, 0.3) is 6.08 Å². The second kappa shape index (κ2) is 10.8. The number of benzene rings is 2. The molecule has 1 amide bonds. The van der Waals surface area contributed by atoms with E-state index in [2.05, 4.69) is 0 Å². The number of rotatable bonds is 9. The summed E-state index contributed by atoms with van der Waals surface area (Å²) in [5.74, 6) is 0.0360. The SMILES string of the molecule is C/C=C/c1ccc(OCC(=O)OCC(=O)N(C)Cc2ccccc2)c(OC)c1. The van der Waals surface area contributed by atoms with Crippen LogP contribution in [0.5, 0.6) is 11.5 Å². The van der Waals surface area contributed by atoms with E-state index in [-0.39, 0.29) is 19.1 Å². The normalized spacial score (nSPS) is 10.5. The second-order valence-electron chi connectivity index (χ2n) is 6.10.